The molecule has 5 rings (SSSR count). The Hall–Kier alpha value is -4.27. The lowest BCUT2D eigenvalue weighted by Gasteiger charge is -2.27. The lowest BCUT2D eigenvalue weighted by Crippen LogP contribution is -2.33. The minimum atomic E-state index is -0.761. The normalized spacial score (nSPS) is 15.2. The number of nitrogens with zero attached hydrogens (tertiary/aromatic N) is 3. The predicted octanol–water partition coefficient (Wildman–Crippen LogP) is 6.44. The van der Waals surface area contributed by atoms with E-state index in [0.717, 1.165) is 12.1 Å². The third-order valence-electron chi connectivity index (χ3n) is 6.73. The third-order valence-corrected chi connectivity index (χ3v) is 7.93. The Morgan fingerprint density at radius 2 is 1.68 bits per heavy atom. The Kier molecular flexibility index (Phi) is 8.09. The first-order chi connectivity index (χ1) is 19.3. The molecule has 1 N–H and O–H groups in total. The summed E-state index contributed by atoms with van der Waals surface area (Å²) in [5, 5.41) is 11.8. The zero-order chi connectivity index (χ0) is 28.2. The molecule has 1 aliphatic rings. The highest BCUT2D eigenvalue weighted by Gasteiger charge is 2.44. The number of aliphatic hydroxyl groups is 1. The molecule has 1 atom stereocenters. The molecule has 8 heteroatoms. The Balaban J connectivity index is 1.53. The summed E-state index contributed by atoms with van der Waals surface area (Å²) in [5.41, 5.74) is 2.22. The maximum Gasteiger partial charge on any atom is 0.290 e. The molecule has 1 unspecified atom stereocenters. The average molecular weight is 554 g/mol. The molecular weight excluding hydrogens is 522 g/mol. The number of rotatable bonds is 10. The van der Waals surface area contributed by atoms with Crippen molar-refractivity contribution in [1.82, 2.24) is 14.8 Å². The van der Waals surface area contributed by atoms with Gasteiger partial charge in [0, 0.05) is 12.1 Å². The van der Waals surface area contributed by atoms with Crippen LogP contribution in [-0.2, 0) is 4.79 Å². The van der Waals surface area contributed by atoms with Crippen molar-refractivity contribution in [2.24, 2.45) is 0 Å². The summed E-state index contributed by atoms with van der Waals surface area (Å²) in [6.45, 7) is 2.91. The van der Waals surface area contributed by atoms with Crippen LogP contribution in [0.3, 0.4) is 0 Å². The minimum Gasteiger partial charge on any atom is -0.503 e. The summed E-state index contributed by atoms with van der Waals surface area (Å²) in [4.78, 5) is 36.2. The Morgan fingerprint density at radius 1 is 1.00 bits per heavy atom. The summed E-state index contributed by atoms with van der Waals surface area (Å²) in [6, 6.07) is 25.6. The summed E-state index contributed by atoms with van der Waals surface area (Å²) in [5.74, 6) is -0.205. The molecule has 7 nitrogen and oxygen atoms in total. The van der Waals surface area contributed by atoms with Gasteiger partial charge < -0.3 is 19.6 Å². The van der Waals surface area contributed by atoms with Crippen molar-refractivity contribution in [3.05, 3.63) is 112 Å². The van der Waals surface area contributed by atoms with E-state index in [1.807, 2.05) is 104 Å². The van der Waals surface area contributed by atoms with E-state index in [-0.39, 0.29) is 5.57 Å². The largest absolute Gasteiger partial charge is 0.503 e. The lowest BCUT2D eigenvalue weighted by molar-refractivity contribution is -0.129. The maximum absolute atomic E-state index is 14.1. The van der Waals surface area contributed by atoms with E-state index in [0.29, 0.717) is 45.6 Å². The Morgan fingerprint density at radius 3 is 2.38 bits per heavy atom. The van der Waals surface area contributed by atoms with Crippen LogP contribution in [0, 0.1) is 6.92 Å². The molecule has 0 saturated heterocycles. The van der Waals surface area contributed by atoms with E-state index in [2.05, 4.69) is 4.98 Å². The second kappa shape index (κ2) is 11.9. The number of benzene rings is 3. The van der Waals surface area contributed by atoms with Crippen molar-refractivity contribution in [2.45, 2.75) is 19.4 Å². The van der Waals surface area contributed by atoms with Gasteiger partial charge in [0.1, 0.15) is 16.5 Å². The second-order valence-electron chi connectivity index (χ2n) is 9.94. The van der Waals surface area contributed by atoms with Gasteiger partial charge in [-0.25, -0.2) is 4.98 Å². The number of aliphatic hydroxyl groups excluding tert-OH is 1. The number of aromatic nitrogens is 1. The molecule has 0 saturated carbocycles. The van der Waals surface area contributed by atoms with Crippen LogP contribution in [0.15, 0.2) is 96.3 Å². The van der Waals surface area contributed by atoms with Crippen LogP contribution < -0.4 is 4.74 Å². The molecule has 0 aliphatic carbocycles. The van der Waals surface area contributed by atoms with Crippen LogP contribution >= 0.6 is 11.3 Å². The molecule has 0 fully saturated rings. The molecule has 1 aromatic heterocycles. The van der Waals surface area contributed by atoms with Gasteiger partial charge in [0.15, 0.2) is 5.76 Å². The number of para-hydroxylation sites is 1. The number of hydrogen-bond donors (Lipinski definition) is 1. The van der Waals surface area contributed by atoms with E-state index >= 15 is 0 Å². The number of ketones is 1. The van der Waals surface area contributed by atoms with E-state index in [1.54, 1.807) is 11.8 Å². The first-order valence-electron chi connectivity index (χ1n) is 13.1. The van der Waals surface area contributed by atoms with Crippen LogP contribution in [0.1, 0.15) is 33.4 Å². The second-order valence-corrected chi connectivity index (χ2v) is 10.9. The van der Waals surface area contributed by atoms with Crippen LogP contribution in [0.2, 0.25) is 0 Å². The molecule has 3 aromatic carbocycles. The first-order valence-corrected chi connectivity index (χ1v) is 13.9. The average Bonchev–Trinajstić information content (AvgIpc) is 3.46. The predicted molar refractivity (Wildman–Crippen MR) is 157 cm³/mol. The molecule has 204 valence electrons. The smallest absolute Gasteiger partial charge is 0.290 e. The molecule has 2 heterocycles. The summed E-state index contributed by atoms with van der Waals surface area (Å²) >= 11 is 1.27. The van der Waals surface area contributed by atoms with Gasteiger partial charge in [0.2, 0.25) is 5.78 Å². The molecule has 0 bridgehead atoms. The zero-order valence-corrected chi connectivity index (χ0v) is 23.5. The number of thiazole rings is 1. The highest BCUT2D eigenvalue weighted by Crippen LogP contribution is 2.42. The fourth-order valence-electron chi connectivity index (χ4n) is 4.83. The van der Waals surface area contributed by atoms with Crippen molar-refractivity contribution in [2.75, 3.05) is 27.2 Å². The van der Waals surface area contributed by atoms with Crippen molar-refractivity contribution in [3.63, 3.8) is 0 Å². The standard InChI is InChI=1S/C32H31N3O4S/c1-21-30(40-31(33-21)22-12-6-4-7-13-22)28(36)26-27(35(32(38)29(26)37)19-11-18-34(2)3)23-14-10-17-25(20-23)39-24-15-8-5-9-16-24/h4-10,12-17,20,27,37H,11,18-19H2,1-3H3. The Labute approximate surface area is 238 Å². The van der Waals surface area contributed by atoms with Crippen LogP contribution in [0.5, 0.6) is 11.5 Å². The Bertz CT molecular complexity index is 1550. The quantitative estimate of drug-likeness (QED) is 0.228. The van der Waals surface area contributed by atoms with Gasteiger partial charge in [-0.2, -0.15) is 0 Å². The van der Waals surface area contributed by atoms with Crippen molar-refractivity contribution < 1.29 is 19.4 Å². The summed E-state index contributed by atoms with van der Waals surface area (Å²) in [6.07, 6.45) is 0.682. The van der Waals surface area contributed by atoms with E-state index < -0.39 is 23.5 Å². The van der Waals surface area contributed by atoms with Gasteiger partial charge in [0.05, 0.1) is 22.2 Å². The van der Waals surface area contributed by atoms with Crippen LogP contribution in [0.25, 0.3) is 10.6 Å². The molecule has 0 radical (unpaired) electrons. The number of aryl methyl sites for hydroxylation is 1. The monoisotopic (exact) mass is 553 g/mol. The topological polar surface area (TPSA) is 83.0 Å². The molecule has 40 heavy (non-hydrogen) atoms. The van der Waals surface area contributed by atoms with E-state index in [4.69, 9.17) is 4.74 Å². The minimum absolute atomic E-state index is 0.0677. The molecular formula is C32H31N3O4S. The molecule has 0 spiro atoms. The van der Waals surface area contributed by atoms with Crippen LogP contribution in [0.4, 0.5) is 0 Å². The van der Waals surface area contributed by atoms with Gasteiger partial charge in [-0.1, -0.05) is 60.7 Å². The number of Topliss-reactive ketones (excluding diaryl/α,β-unsaturated/α-hetero) is 1. The van der Waals surface area contributed by atoms with Gasteiger partial charge in [-0.15, -0.1) is 11.3 Å². The number of ether oxygens (including phenoxy) is 1. The fourth-order valence-corrected chi connectivity index (χ4v) is 5.85. The highest BCUT2D eigenvalue weighted by atomic mass is 32.1. The van der Waals surface area contributed by atoms with Crippen molar-refractivity contribution in [1.29, 1.82) is 0 Å². The van der Waals surface area contributed by atoms with Gasteiger partial charge in [-0.05, 0) is 63.8 Å². The molecule has 4 aromatic rings. The SMILES string of the molecule is Cc1nc(-c2ccccc2)sc1C(=O)C1=C(O)C(=O)N(CCCN(C)C)C1c1cccc(Oc2ccccc2)c1. The number of amides is 1. The third kappa shape index (κ3) is 5.68. The fraction of sp³-hybridized carbons (Fsp3) is 0.219. The van der Waals surface area contributed by atoms with Gasteiger partial charge in [-0.3, -0.25) is 9.59 Å². The van der Waals surface area contributed by atoms with E-state index in [1.165, 1.54) is 11.3 Å². The highest BCUT2D eigenvalue weighted by molar-refractivity contribution is 7.17. The molecule has 1 aliphatic heterocycles. The zero-order valence-electron chi connectivity index (χ0n) is 22.7. The van der Waals surface area contributed by atoms with Gasteiger partial charge >= 0.3 is 0 Å². The van der Waals surface area contributed by atoms with Crippen molar-refractivity contribution in [3.8, 4) is 22.1 Å². The number of carbonyl (C=O) groups excluding carboxylic acids is 2. The number of carbonyl (C=O) groups is 2. The van der Waals surface area contributed by atoms with Crippen LogP contribution in [-0.4, -0.2) is 58.8 Å². The van der Waals surface area contributed by atoms with Crippen molar-refractivity contribution >= 4 is 23.0 Å². The maximum atomic E-state index is 14.1. The lowest BCUT2D eigenvalue weighted by atomic mass is 9.94. The van der Waals surface area contributed by atoms with E-state index in [9.17, 15) is 14.7 Å². The summed E-state index contributed by atoms with van der Waals surface area (Å²) in [7, 11) is 3.94. The van der Waals surface area contributed by atoms with Gasteiger partial charge in [0.25, 0.3) is 5.91 Å². The first kappa shape index (κ1) is 27.3. The summed E-state index contributed by atoms with van der Waals surface area (Å²) < 4.78 is 6.05. The number of hydrogen-bond acceptors (Lipinski definition) is 7. The molecule has 1 amide bonds.